The molecule has 1 atom stereocenters. The predicted octanol–water partition coefficient (Wildman–Crippen LogP) is 0.452. The van der Waals surface area contributed by atoms with Crippen molar-refractivity contribution in [3.05, 3.63) is 35.9 Å². The number of carbonyl (C=O) groups excluding carboxylic acids is 1. The summed E-state index contributed by atoms with van der Waals surface area (Å²) in [6.45, 7) is 4.03. The minimum atomic E-state index is -0.536. The second-order valence-electron chi connectivity index (χ2n) is 5.12. The van der Waals surface area contributed by atoms with Gasteiger partial charge in [0.2, 0.25) is 0 Å². The van der Waals surface area contributed by atoms with Gasteiger partial charge in [0.1, 0.15) is 0 Å². The molecule has 0 aromatic heterocycles. The SMILES string of the molecule is CN(CC(O)CN1CCOCC1)C(=O)c1ccccc1. The minimum Gasteiger partial charge on any atom is -0.390 e. The summed E-state index contributed by atoms with van der Waals surface area (Å²) in [5, 5.41) is 10.1. The number of ether oxygens (including phenoxy) is 1. The van der Waals surface area contributed by atoms with Crippen LogP contribution in [0.1, 0.15) is 10.4 Å². The number of rotatable bonds is 5. The van der Waals surface area contributed by atoms with Crippen molar-refractivity contribution in [2.24, 2.45) is 0 Å². The maximum Gasteiger partial charge on any atom is 0.253 e. The van der Waals surface area contributed by atoms with E-state index in [0.717, 1.165) is 13.1 Å². The third kappa shape index (κ3) is 4.30. The zero-order valence-corrected chi connectivity index (χ0v) is 11.9. The Kier molecular flexibility index (Phi) is 5.52. The first-order valence-electron chi connectivity index (χ1n) is 6.95. The Morgan fingerprint density at radius 1 is 1.35 bits per heavy atom. The van der Waals surface area contributed by atoms with E-state index in [1.54, 1.807) is 24.1 Å². The number of carbonyl (C=O) groups is 1. The van der Waals surface area contributed by atoms with Gasteiger partial charge in [-0.1, -0.05) is 18.2 Å². The van der Waals surface area contributed by atoms with Gasteiger partial charge in [-0.3, -0.25) is 9.69 Å². The topological polar surface area (TPSA) is 53.0 Å². The molecule has 0 saturated carbocycles. The van der Waals surface area contributed by atoms with Crippen LogP contribution >= 0.6 is 0 Å². The van der Waals surface area contributed by atoms with Crippen LogP contribution in [0.15, 0.2) is 30.3 Å². The molecule has 0 aliphatic carbocycles. The molecule has 5 nitrogen and oxygen atoms in total. The fraction of sp³-hybridized carbons (Fsp3) is 0.533. The molecule has 0 spiro atoms. The Morgan fingerprint density at radius 3 is 2.65 bits per heavy atom. The number of benzene rings is 1. The van der Waals surface area contributed by atoms with Gasteiger partial charge in [0.05, 0.1) is 19.3 Å². The number of nitrogens with zero attached hydrogens (tertiary/aromatic N) is 2. The van der Waals surface area contributed by atoms with Crippen molar-refractivity contribution in [3.8, 4) is 0 Å². The van der Waals surface area contributed by atoms with Crippen molar-refractivity contribution in [2.75, 3.05) is 46.4 Å². The lowest BCUT2D eigenvalue weighted by molar-refractivity contribution is 0.00879. The van der Waals surface area contributed by atoms with E-state index in [1.807, 2.05) is 18.2 Å². The molecule has 1 saturated heterocycles. The van der Waals surface area contributed by atoms with Gasteiger partial charge >= 0.3 is 0 Å². The molecule has 5 heteroatoms. The van der Waals surface area contributed by atoms with Gasteiger partial charge in [-0.25, -0.2) is 0 Å². The summed E-state index contributed by atoms with van der Waals surface area (Å²) < 4.78 is 5.27. The van der Waals surface area contributed by atoms with E-state index in [9.17, 15) is 9.90 Å². The van der Waals surface area contributed by atoms with Gasteiger partial charge in [0, 0.05) is 38.8 Å². The molecule has 110 valence electrons. The first kappa shape index (κ1) is 15.0. The molecule has 0 bridgehead atoms. The van der Waals surface area contributed by atoms with Crippen LogP contribution in [0.4, 0.5) is 0 Å². The molecule has 1 N–H and O–H groups in total. The second kappa shape index (κ2) is 7.38. The summed E-state index contributed by atoms with van der Waals surface area (Å²) in [5.41, 5.74) is 0.647. The van der Waals surface area contributed by atoms with E-state index >= 15 is 0 Å². The smallest absolute Gasteiger partial charge is 0.253 e. The fourth-order valence-electron chi connectivity index (χ4n) is 2.34. The van der Waals surface area contributed by atoms with Crippen LogP contribution < -0.4 is 0 Å². The number of hydrogen-bond acceptors (Lipinski definition) is 4. The van der Waals surface area contributed by atoms with Crippen LogP contribution in [-0.2, 0) is 4.74 Å². The summed E-state index contributed by atoms with van der Waals surface area (Å²) in [7, 11) is 1.72. The summed E-state index contributed by atoms with van der Waals surface area (Å²) in [6.07, 6.45) is -0.536. The normalized spacial score (nSPS) is 17.7. The highest BCUT2D eigenvalue weighted by molar-refractivity contribution is 5.93. The van der Waals surface area contributed by atoms with Gasteiger partial charge in [-0.2, -0.15) is 0 Å². The van der Waals surface area contributed by atoms with Crippen LogP contribution in [0.5, 0.6) is 0 Å². The fourth-order valence-corrected chi connectivity index (χ4v) is 2.34. The van der Waals surface area contributed by atoms with Crippen LogP contribution in [0.3, 0.4) is 0 Å². The molecular formula is C15H22N2O3. The molecule has 1 heterocycles. The van der Waals surface area contributed by atoms with Crippen LogP contribution in [0.2, 0.25) is 0 Å². The Morgan fingerprint density at radius 2 is 2.00 bits per heavy atom. The Bertz CT molecular complexity index is 418. The highest BCUT2D eigenvalue weighted by atomic mass is 16.5. The summed E-state index contributed by atoms with van der Waals surface area (Å²) in [6, 6.07) is 9.13. The molecule has 1 aromatic carbocycles. The van der Waals surface area contributed by atoms with Crippen LogP contribution in [-0.4, -0.2) is 73.4 Å². The lowest BCUT2D eigenvalue weighted by Gasteiger charge is -2.30. The maximum absolute atomic E-state index is 12.2. The molecule has 1 unspecified atom stereocenters. The quantitative estimate of drug-likeness (QED) is 0.850. The third-order valence-corrected chi connectivity index (χ3v) is 3.42. The number of likely N-dealkylation sites (N-methyl/N-ethyl adjacent to an activating group) is 1. The molecule has 0 radical (unpaired) electrons. The second-order valence-corrected chi connectivity index (χ2v) is 5.12. The van der Waals surface area contributed by atoms with E-state index in [0.29, 0.717) is 31.9 Å². The van der Waals surface area contributed by atoms with Gasteiger partial charge in [-0.05, 0) is 12.1 Å². The molecular weight excluding hydrogens is 256 g/mol. The van der Waals surface area contributed by atoms with E-state index in [1.165, 1.54) is 0 Å². The standard InChI is InChI=1S/C15H22N2O3/c1-16(15(19)13-5-3-2-4-6-13)11-14(18)12-17-7-9-20-10-8-17/h2-6,14,18H,7-12H2,1H3. The van der Waals surface area contributed by atoms with Crippen LogP contribution in [0, 0.1) is 0 Å². The van der Waals surface area contributed by atoms with Crippen molar-refractivity contribution in [2.45, 2.75) is 6.10 Å². The third-order valence-electron chi connectivity index (χ3n) is 3.42. The highest BCUT2D eigenvalue weighted by Crippen LogP contribution is 2.05. The molecule has 1 aromatic rings. The molecule has 1 aliphatic heterocycles. The first-order chi connectivity index (χ1) is 9.66. The summed E-state index contributed by atoms with van der Waals surface area (Å²) >= 11 is 0. The Hall–Kier alpha value is -1.43. The Labute approximate surface area is 119 Å². The highest BCUT2D eigenvalue weighted by Gasteiger charge is 2.18. The number of β-amino-alcohol motifs (C(OH)–C–C–N with tert-alkyl or cyclic N) is 1. The van der Waals surface area contributed by atoms with E-state index < -0.39 is 6.10 Å². The number of amides is 1. The summed E-state index contributed by atoms with van der Waals surface area (Å²) in [5.74, 6) is -0.0633. The van der Waals surface area contributed by atoms with Crippen molar-refractivity contribution < 1.29 is 14.6 Å². The lowest BCUT2D eigenvalue weighted by Crippen LogP contribution is -2.45. The first-order valence-corrected chi connectivity index (χ1v) is 6.95. The minimum absolute atomic E-state index is 0.0633. The molecule has 2 rings (SSSR count). The molecule has 20 heavy (non-hydrogen) atoms. The lowest BCUT2D eigenvalue weighted by atomic mass is 10.2. The van der Waals surface area contributed by atoms with E-state index in [4.69, 9.17) is 4.74 Å². The van der Waals surface area contributed by atoms with E-state index in [-0.39, 0.29) is 5.91 Å². The van der Waals surface area contributed by atoms with Gasteiger partial charge in [0.25, 0.3) is 5.91 Å². The number of aliphatic hydroxyl groups excluding tert-OH is 1. The predicted molar refractivity (Wildman–Crippen MR) is 76.7 cm³/mol. The average Bonchev–Trinajstić information content (AvgIpc) is 2.48. The van der Waals surface area contributed by atoms with E-state index in [2.05, 4.69) is 4.90 Å². The largest absolute Gasteiger partial charge is 0.390 e. The van der Waals surface area contributed by atoms with Gasteiger partial charge in [-0.15, -0.1) is 0 Å². The maximum atomic E-state index is 12.2. The average molecular weight is 278 g/mol. The Balaban J connectivity index is 1.81. The molecule has 1 aliphatic rings. The zero-order valence-electron chi connectivity index (χ0n) is 11.9. The molecule has 1 fully saturated rings. The zero-order chi connectivity index (χ0) is 14.4. The van der Waals surface area contributed by atoms with Crippen molar-refractivity contribution in [3.63, 3.8) is 0 Å². The van der Waals surface area contributed by atoms with Gasteiger partial charge in [0.15, 0.2) is 0 Å². The monoisotopic (exact) mass is 278 g/mol. The van der Waals surface area contributed by atoms with Crippen LogP contribution in [0.25, 0.3) is 0 Å². The van der Waals surface area contributed by atoms with Gasteiger partial charge < -0.3 is 14.7 Å². The molecule has 1 amide bonds. The number of morpholine rings is 1. The van der Waals surface area contributed by atoms with Crippen molar-refractivity contribution in [1.82, 2.24) is 9.80 Å². The van der Waals surface area contributed by atoms with Crippen molar-refractivity contribution in [1.29, 1.82) is 0 Å². The summed E-state index contributed by atoms with van der Waals surface area (Å²) in [4.78, 5) is 15.9. The number of hydrogen-bond donors (Lipinski definition) is 1. The number of aliphatic hydroxyl groups is 1. The van der Waals surface area contributed by atoms with Crippen molar-refractivity contribution >= 4 is 5.91 Å².